The molecule has 0 unspecified atom stereocenters. The van der Waals surface area contributed by atoms with Gasteiger partial charge in [-0.05, 0) is 30.7 Å². The van der Waals surface area contributed by atoms with E-state index < -0.39 is 5.91 Å². The van der Waals surface area contributed by atoms with Crippen LogP contribution in [0, 0.1) is 11.3 Å². The predicted molar refractivity (Wildman–Crippen MR) is 105 cm³/mol. The number of halogens is 1. The third-order valence-corrected chi connectivity index (χ3v) is 4.24. The molecule has 3 aromatic rings. The molecular weight excluding hydrogens is 380 g/mol. The number of aromatic hydroxyl groups is 1. The number of aryl methyl sites for hydroxylation is 1. The lowest BCUT2D eigenvalue weighted by Crippen LogP contribution is -2.07. The number of benzene rings is 2. The minimum atomic E-state index is -0.597. The van der Waals surface area contributed by atoms with E-state index in [1.54, 1.807) is 34.9 Å². The molecular formula is C20H17ClN4O3. The van der Waals surface area contributed by atoms with Gasteiger partial charge in [-0.2, -0.15) is 5.26 Å². The van der Waals surface area contributed by atoms with Crippen molar-refractivity contribution in [1.29, 1.82) is 5.26 Å². The van der Waals surface area contributed by atoms with Crippen LogP contribution in [0.4, 0.5) is 5.69 Å². The largest absolute Gasteiger partial charge is 0.493 e. The van der Waals surface area contributed by atoms with Crippen LogP contribution in [-0.4, -0.2) is 22.2 Å². The van der Waals surface area contributed by atoms with Crippen molar-refractivity contribution in [1.82, 2.24) is 4.57 Å². The maximum atomic E-state index is 12.0. The molecule has 0 spiro atoms. The molecule has 3 rings (SSSR count). The van der Waals surface area contributed by atoms with Crippen LogP contribution in [0.25, 0.3) is 10.9 Å². The Bertz CT molecular complexity index is 1070. The van der Waals surface area contributed by atoms with E-state index in [4.69, 9.17) is 21.6 Å². The molecule has 1 N–H and O–H groups in total. The number of hydrogen-bond donors (Lipinski definition) is 1. The smallest absolute Gasteiger partial charge is 0.302 e. The average molecular weight is 397 g/mol. The second-order valence-corrected chi connectivity index (χ2v) is 6.38. The second-order valence-electron chi connectivity index (χ2n) is 5.94. The fraction of sp³-hybridized carbons (Fsp3) is 0.200. The number of aromatic nitrogens is 1. The predicted octanol–water partition coefficient (Wildman–Crippen LogP) is 4.99. The Hall–Kier alpha value is -3.37. The van der Waals surface area contributed by atoms with Crippen LogP contribution < -0.4 is 4.74 Å². The van der Waals surface area contributed by atoms with Gasteiger partial charge in [-0.25, -0.2) is 0 Å². The number of hydrogen-bond acceptors (Lipinski definition) is 5. The van der Waals surface area contributed by atoms with Crippen LogP contribution in [0.3, 0.4) is 0 Å². The first-order valence-corrected chi connectivity index (χ1v) is 8.98. The van der Waals surface area contributed by atoms with Crippen molar-refractivity contribution in [2.45, 2.75) is 19.4 Å². The van der Waals surface area contributed by atoms with Gasteiger partial charge in [-0.15, -0.1) is 10.2 Å². The van der Waals surface area contributed by atoms with E-state index in [0.29, 0.717) is 35.5 Å². The molecule has 7 nitrogen and oxygen atoms in total. The molecule has 0 aliphatic rings. The quantitative estimate of drug-likeness (QED) is 0.449. The minimum Gasteiger partial charge on any atom is -0.493 e. The normalized spacial score (nSPS) is 11.0. The van der Waals surface area contributed by atoms with Gasteiger partial charge >= 0.3 is 5.91 Å². The fourth-order valence-electron chi connectivity index (χ4n) is 2.75. The Morgan fingerprint density at radius 2 is 2.07 bits per heavy atom. The summed E-state index contributed by atoms with van der Waals surface area (Å²) >= 11 is 5.87. The molecule has 0 aliphatic carbocycles. The van der Waals surface area contributed by atoms with Gasteiger partial charge in [-0.1, -0.05) is 35.9 Å². The Labute approximate surface area is 166 Å². The van der Waals surface area contributed by atoms with Crippen molar-refractivity contribution in [3.05, 3.63) is 53.6 Å². The van der Waals surface area contributed by atoms with Gasteiger partial charge in [0.1, 0.15) is 5.75 Å². The molecule has 142 valence electrons. The van der Waals surface area contributed by atoms with E-state index >= 15 is 0 Å². The summed E-state index contributed by atoms with van der Waals surface area (Å²) in [6, 6.07) is 16.0. The lowest BCUT2D eigenvalue weighted by molar-refractivity contribution is -0.120. The molecule has 0 saturated heterocycles. The SMILES string of the molecule is N#CCCCn1c(O)c(N=NC(=O)COc2cccc(Cl)c2)c2ccccc21. The third-order valence-electron chi connectivity index (χ3n) is 4.01. The Balaban J connectivity index is 1.76. The zero-order chi connectivity index (χ0) is 19.9. The van der Waals surface area contributed by atoms with Gasteiger partial charge < -0.3 is 14.4 Å². The van der Waals surface area contributed by atoms with Crippen LogP contribution in [0.2, 0.25) is 5.02 Å². The summed E-state index contributed by atoms with van der Waals surface area (Å²) in [4.78, 5) is 12.0. The first-order valence-electron chi connectivity index (χ1n) is 8.60. The topological polar surface area (TPSA) is 100.0 Å². The Morgan fingerprint density at radius 1 is 1.25 bits per heavy atom. The number of amides is 1. The van der Waals surface area contributed by atoms with Gasteiger partial charge in [0.05, 0.1) is 11.6 Å². The van der Waals surface area contributed by atoms with E-state index in [0.717, 1.165) is 5.52 Å². The van der Waals surface area contributed by atoms with Gasteiger partial charge in [0.25, 0.3) is 0 Å². The van der Waals surface area contributed by atoms with Crippen LogP contribution >= 0.6 is 11.6 Å². The van der Waals surface area contributed by atoms with Crippen LogP contribution in [0.1, 0.15) is 12.8 Å². The van der Waals surface area contributed by atoms with Crippen LogP contribution in [0.15, 0.2) is 58.8 Å². The number of unbranched alkanes of at least 4 members (excludes halogenated alkanes) is 1. The lowest BCUT2D eigenvalue weighted by Gasteiger charge is -2.04. The van der Waals surface area contributed by atoms with E-state index in [1.807, 2.05) is 18.2 Å². The Kier molecular flexibility index (Phi) is 6.25. The summed E-state index contributed by atoms with van der Waals surface area (Å²) in [7, 11) is 0. The van der Waals surface area contributed by atoms with E-state index in [9.17, 15) is 9.90 Å². The number of carbonyl (C=O) groups excluding carboxylic acids is 1. The molecule has 1 heterocycles. The van der Waals surface area contributed by atoms with Gasteiger partial charge in [0.2, 0.25) is 5.88 Å². The number of fused-ring (bicyclic) bond motifs is 1. The number of azo groups is 1. The van der Waals surface area contributed by atoms with Crippen LogP contribution in [0.5, 0.6) is 11.6 Å². The molecule has 2 aromatic carbocycles. The highest BCUT2D eigenvalue weighted by Gasteiger charge is 2.16. The molecule has 0 radical (unpaired) electrons. The summed E-state index contributed by atoms with van der Waals surface area (Å²) < 4.78 is 7.00. The molecule has 0 aliphatic heterocycles. The summed E-state index contributed by atoms with van der Waals surface area (Å²) in [6.45, 7) is 0.159. The number of nitrogens with zero attached hydrogens (tertiary/aromatic N) is 4. The standard InChI is InChI=1S/C20H17ClN4O3/c21-14-6-5-7-15(12-14)28-13-18(26)23-24-19-16-8-1-2-9-17(16)25(20(19)27)11-4-3-10-22/h1-2,5-9,12,27H,3-4,11,13H2. The minimum absolute atomic E-state index is 0.0913. The lowest BCUT2D eigenvalue weighted by atomic mass is 10.2. The van der Waals surface area contributed by atoms with Crippen molar-refractivity contribution < 1.29 is 14.6 Å². The number of para-hydroxylation sites is 1. The van der Waals surface area contributed by atoms with Crippen molar-refractivity contribution in [2.75, 3.05) is 6.61 Å². The number of nitriles is 1. The van der Waals surface area contributed by atoms with Crippen molar-refractivity contribution in [3.8, 4) is 17.7 Å². The summed E-state index contributed by atoms with van der Waals surface area (Å²) in [5.41, 5.74) is 0.971. The highest BCUT2D eigenvalue weighted by atomic mass is 35.5. The van der Waals surface area contributed by atoms with Gasteiger partial charge in [0, 0.05) is 23.4 Å². The zero-order valence-corrected chi connectivity index (χ0v) is 15.6. The number of carbonyl (C=O) groups is 1. The highest BCUT2D eigenvalue weighted by Crippen LogP contribution is 2.39. The summed E-state index contributed by atoms with van der Waals surface area (Å²) in [6.07, 6.45) is 0.966. The molecule has 0 bridgehead atoms. The van der Waals surface area contributed by atoms with Crippen molar-refractivity contribution >= 4 is 34.1 Å². The first-order chi connectivity index (χ1) is 13.6. The van der Waals surface area contributed by atoms with E-state index in [-0.39, 0.29) is 18.2 Å². The maximum absolute atomic E-state index is 12.0. The maximum Gasteiger partial charge on any atom is 0.302 e. The Morgan fingerprint density at radius 3 is 2.86 bits per heavy atom. The summed E-state index contributed by atoms with van der Waals surface area (Å²) in [5.74, 6) is -0.236. The first kappa shape index (κ1) is 19.4. The fourth-order valence-corrected chi connectivity index (χ4v) is 2.93. The van der Waals surface area contributed by atoms with Crippen molar-refractivity contribution in [3.63, 3.8) is 0 Å². The molecule has 1 aromatic heterocycles. The van der Waals surface area contributed by atoms with Gasteiger partial charge in [0.15, 0.2) is 12.3 Å². The monoisotopic (exact) mass is 396 g/mol. The van der Waals surface area contributed by atoms with E-state index in [2.05, 4.69) is 16.3 Å². The second kappa shape index (κ2) is 9.02. The average Bonchev–Trinajstić information content (AvgIpc) is 2.96. The number of rotatable bonds is 7. The molecule has 0 atom stereocenters. The molecule has 28 heavy (non-hydrogen) atoms. The molecule has 8 heteroatoms. The summed E-state index contributed by atoms with van der Waals surface area (Å²) in [5, 5.41) is 28.0. The third kappa shape index (κ3) is 4.48. The van der Waals surface area contributed by atoms with Crippen molar-refractivity contribution in [2.24, 2.45) is 10.2 Å². The molecule has 0 fully saturated rings. The highest BCUT2D eigenvalue weighted by molar-refractivity contribution is 6.30. The van der Waals surface area contributed by atoms with Crippen LogP contribution in [-0.2, 0) is 11.3 Å². The van der Waals surface area contributed by atoms with E-state index in [1.165, 1.54) is 0 Å². The van der Waals surface area contributed by atoms with Gasteiger partial charge in [-0.3, -0.25) is 4.79 Å². The molecule has 1 amide bonds. The molecule has 0 saturated carbocycles. The number of ether oxygens (including phenoxy) is 1. The zero-order valence-electron chi connectivity index (χ0n) is 14.9.